The normalized spacial score (nSPS) is 16.8. The lowest BCUT2D eigenvalue weighted by molar-refractivity contribution is -0.135. The van der Waals surface area contributed by atoms with Gasteiger partial charge >= 0.3 is 0 Å². The predicted octanol–water partition coefficient (Wildman–Crippen LogP) is 4.48. The maximum absolute atomic E-state index is 12.9. The van der Waals surface area contributed by atoms with Crippen molar-refractivity contribution in [2.45, 2.75) is 51.0 Å². The monoisotopic (exact) mass is 435 g/mol. The number of hydrogen-bond donors (Lipinski definition) is 1. The van der Waals surface area contributed by atoms with Crippen molar-refractivity contribution in [2.75, 3.05) is 6.54 Å². The van der Waals surface area contributed by atoms with Gasteiger partial charge in [0.2, 0.25) is 17.7 Å². The molecular weight excluding hydrogens is 410 g/mol. The minimum absolute atomic E-state index is 0.107. The van der Waals surface area contributed by atoms with E-state index < -0.39 is 0 Å². The average molecular weight is 436 g/mol. The van der Waals surface area contributed by atoms with E-state index in [0.29, 0.717) is 31.0 Å². The van der Waals surface area contributed by atoms with Crippen LogP contribution in [0.15, 0.2) is 46.5 Å². The molecule has 1 aliphatic heterocycles. The number of likely N-dealkylation sites (tertiary alicyclic amines) is 1. The molecule has 0 aliphatic carbocycles. The quantitative estimate of drug-likeness (QED) is 0.462. The van der Waals surface area contributed by atoms with E-state index in [1.165, 1.54) is 10.9 Å². The first kappa shape index (κ1) is 19.9. The first-order valence-electron chi connectivity index (χ1n) is 10.8. The van der Waals surface area contributed by atoms with Crippen molar-refractivity contribution >= 4 is 28.1 Å². The molecule has 0 unspecified atom stereocenters. The maximum atomic E-state index is 12.9. The van der Waals surface area contributed by atoms with Crippen LogP contribution in [0.4, 0.5) is 0 Å². The Balaban J connectivity index is 1.16. The number of piperidine rings is 1. The van der Waals surface area contributed by atoms with Gasteiger partial charge in [0.15, 0.2) is 0 Å². The zero-order valence-electron chi connectivity index (χ0n) is 17.3. The molecule has 1 fully saturated rings. The van der Waals surface area contributed by atoms with Gasteiger partial charge in [-0.3, -0.25) is 4.79 Å². The smallest absolute Gasteiger partial charge is 0.223 e. The zero-order chi connectivity index (χ0) is 21.0. The van der Waals surface area contributed by atoms with E-state index in [4.69, 9.17) is 4.42 Å². The average Bonchev–Trinajstić information content (AvgIpc) is 3.57. The Kier molecular flexibility index (Phi) is 5.80. The molecule has 31 heavy (non-hydrogen) atoms. The third-order valence-electron chi connectivity index (χ3n) is 5.90. The van der Waals surface area contributed by atoms with Crippen LogP contribution in [-0.4, -0.2) is 37.5 Å². The number of amides is 1. The predicted molar refractivity (Wildman–Crippen MR) is 119 cm³/mol. The number of thiazole rings is 1. The number of carbonyl (C=O) groups is 1. The topological polar surface area (TPSA) is 87.9 Å². The van der Waals surface area contributed by atoms with Crippen LogP contribution < -0.4 is 0 Å². The number of H-pyrrole nitrogens is 1. The highest BCUT2D eigenvalue weighted by atomic mass is 32.1. The van der Waals surface area contributed by atoms with Gasteiger partial charge in [0.1, 0.15) is 5.01 Å². The fourth-order valence-corrected chi connectivity index (χ4v) is 5.10. The Morgan fingerprint density at radius 2 is 2.03 bits per heavy atom. The van der Waals surface area contributed by atoms with Crippen molar-refractivity contribution in [3.05, 3.63) is 64.4 Å². The van der Waals surface area contributed by atoms with Crippen molar-refractivity contribution in [2.24, 2.45) is 0 Å². The molecule has 4 heterocycles. The summed E-state index contributed by atoms with van der Waals surface area (Å²) < 4.78 is 5.82. The van der Waals surface area contributed by atoms with E-state index in [1.54, 1.807) is 11.3 Å². The third kappa shape index (κ3) is 4.39. The number of benzene rings is 1. The highest BCUT2D eigenvalue weighted by Crippen LogP contribution is 2.32. The molecule has 3 aromatic heterocycles. The second-order valence-corrected chi connectivity index (χ2v) is 8.84. The number of aryl methyl sites for hydroxylation is 3. The fourth-order valence-electron chi connectivity index (χ4n) is 4.31. The highest BCUT2D eigenvalue weighted by molar-refractivity contribution is 7.09. The molecule has 8 heteroatoms. The number of aromatic nitrogens is 4. The highest BCUT2D eigenvalue weighted by Gasteiger charge is 2.29. The lowest BCUT2D eigenvalue weighted by Gasteiger charge is -2.34. The molecule has 0 radical (unpaired) electrons. The zero-order valence-corrected chi connectivity index (χ0v) is 18.1. The Morgan fingerprint density at radius 1 is 1.16 bits per heavy atom. The van der Waals surface area contributed by atoms with Crippen LogP contribution in [0.5, 0.6) is 0 Å². The number of nitrogens with zero attached hydrogens (tertiary/aromatic N) is 4. The second-order valence-electron chi connectivity index (χ2n) is 7.92. The van der Waals surface area contributed by atoms with Gasteiger partial charge in [-0.2, -0.15) is 0 Å². The molecule has 0 saturated carbocycles. The largest absolute Gasteiger partial charge is 0.425 e. The summed E-state index contributed by atoms with van der Waals surface area (Å²) in [5.74, 6) is 1.29. The van der Waals surface area contributed by atoms with Crippen LogP contribution in [0.1, 0.15) is 54.1 Å². The van der Waals surface area contributed by atoms with Crippen LogP contribution in [-0.2, 0) is 24.1 Å². The Morgan fingerprint density at radius 3 is 2.90 bits per heavy atom. The number of carbonyl (C=O) groups excluding carboxylic acids is 1. The minimum Gasteiger partial charge on any atom is -0.425 e. The Bertz CT molecular complexity index is 1150. The van der Waals surface area contributed by atoms with Crippen LogP contribution in [0.3, 0.4) is 0 Å². The summed E-state index contributed by atoms with van der Waals surface area (Å²) in [6.07, 6.45) is 9.38. The number of nitrogens with one attached hydrogen (secondary N) is 1. The summed E-state index contributed by atoms with van der Waals surface area (Å²) in [7, 11) is 0. The van der Waals surface area contributed by atoms with Gasteiger partial charge in [-0.15, -0.1) is 21.5 Å². The van der Waals surface area contributed by atoms with Gasteiger partial charge < -0.3 is 14.3 Å². The van der Waals surface area contributed by atoms with Crippen LogP contribution in [0.25, 0.3) is 10.9 Å². The summed E-state index contributed by atoms with van der Waals surface area (Å²) >= 11 is 1.63. The first-order valence-corrected chi connectivity index (χ1v) is 11.7. The van der Waals surface area contributed by atoms with Crippen molar-refractivity contribution in [1.29, 1.82) is 0 Å². The number of aromatic amines is 1. The van der Waals surface area contributed by atoms with E-state index in [2.05, 4.69) is 32.3 Å². The van der Waals surface area contributed by atoms with Gasteiger partial charge in [-0.25, -0.2) is 4.98 Å². The van der Waals surface area contributed by atoms with Crippen LogP contribution >= 0.6 is 11.3 Å². The Labute approximate surface area is 184 Å². The summed E-state index contributed by atoms with van der Waals surface area (Å²) in [5, 5.41) is 12.6. The summed E-state index contributed by atoms with van der Waals surface area (Å²) in [4.78, 5) is 22.6. The minimum atomic E-state index is 0.107. The molecule has 160 valence electrons. The summed E-state index contributed by atoms with van der Waals surface area (Å²) in [5.41, 5.74) is 2.37. The molecular formula is C23H25N5O2S. The number of hydrogen-bond acceptors (Lipinski definition) is 6. The SMILES string of the molecule is O=C(CCc1nnc(CCc2c[nH]c3ccccc23)o1)N1CCCC[C@H]1c1nccs1. The van der Waals surface area contributed by atoms with E-state index in [-0.39, 0.29) is 11.9 Å². The van der Waals surface area contributed by atoms with Gasteiger partial charge in [-0.1, -0.05) is 18.2 Å². The van der Waals surface area contributed by atoms with Gasteiger partial charge in [0, 0.05) is 54.5 Å². The van der Waals surface area contributed by atoms with Crippen molar-refractivity contribution in [1.82, 2.24) is 25.1 Å². The van der Waals surface area contributed by atoms with Gasteiger partial charge in [0.05, 0.1) is 6.04 Å². The second kappa shape index (κ2) is 9.01. The lowest BCUT2D eigenvalue weighted by atomic mass is 10.0. The molecule has 1 saturated heterocycles. The standard InChI is InChI=1S/C23H25N5O2S/c29-22(28-13-4-3-7-19(28)23-24-12-14-31-23)11-10-21-27-26-20(30-21)9-8-16-15-25-18-6-2-1-5-17(16)18/h1-2,5-6,12,14-15,19,25H,3-4,7-11,13H2/t19-/m0/s1. The molecule has 1 atom stereocenters. The van der Waals surface area contributed by atoms with Crippen molar-refractivity contribution in [3.8, 4) is 0 Å². The van der Waals surface area contributed by atoms with Crippen molar-refractivity contribution in [3.63, 3.8) is 0 Å². The number of fused-ring (bicyclic) bond motifs is 1. The molecule has 1 aliphatic rings. The summed E-state index contributed by atoms with van der Waals surface area (Å²) in [6, 6.07) is 8.36. The third-order valence-corrected chi connectivity index (χ3v) is 6.78. The van der Waals surface area contributed by atoms with Crippen LogP contribution in [0, 0.1) is 0 Å². The molecule has 1 aromatic carbocycles. The van der Waals surface area contributed by atoms with Crippen molar-refractivity contribution < 1.29 is 9.21 Å². The first-order chi connectivity index (χ1) is 15.3. The van der Waals surface area contributed by atoms with Gasteiger partial charge in [-0.05, 0) is 37.3 Å². The van der Waals surface area contributed by atoms with E-state index >= 15 is 0 Å². The lowest BCUT2D eigenvalue weighted by Crippen LogP contribution is -2.38. The number of rotatable bonds is 7. The maximum Gasteiger partial charge on any atom is 0.223 e. The molecule has 5 rings (SSSR count). The fraction of sp³-hybridized carbons (Fsp3) is 0.391. The molecule has 0 spiro atoms. The number of para-hydroxylation sites is 1. The molecule has 0 bridgehead atoms. The molecule has 1 N–H and O–H groups in total. The molecule has 1 amide bonds. The summed E-state index contributed by atoms with van der Waals surface area (Å²) in [6.45, 7) is 0.794. The van der Waals surface area contributed by atoms with Gasteiger partial charge in [0.25, 0.3) is 0 Å². The van der Waals surface area contributed by atoms with E-state index in [9.17, 15) is 4.79 Å². The van der Waals surface area contributed by atoms with E-state index in [1.807, 2.05) is 34.8 Å². The molecule has 7 nitrogen and oxygen atoms in total. The van der Waals surface area contributed by atoms with Crippen LogP contribution in [0.2, 0.25) is 0 Å². The molecule has 4 aromatic rings. The Hall–Kier alpha value is -3.00. The van der Waals surface area contributed by atoms with E-state index in [0.717, 1.165) is 42.8 Å².